The Kier molecular flexibility index (Phi) is 4.67. The van der Waals surface area contributed by atoms with E-state index in [0.717, 1.165) is 6.07 Å². The predicted octanol–water partition coefficient (Wildman–Crippen LogP) is 2.43. The van der Waals surface area contributed by atoms with E-state index in [-0.39, 0.29) is 11.6 Å². The summed E-state index contributed by atoms with van der Waals surface area (Å²) in [7, 11) is 0. The summed E-state index contributed by atoms with van der Waals surface area (Å²) in [5.74, 6) is 0. The molecule has 0 aromatic heterocycles. The summed E-state index contributed by atoms with van der Waals surface area (Å²) in [6.07, 6.45) is -4.37. The molecule has 0 saturated carbocycles. The fourth-order valence-corrected chi connectivity index (χ4v) is 2.46. The first-order valence-electron chi connectivity index (χ1n) is 6.63. The van der Waals surface area contributed by atoms with Crippen LogP contribution in [0.4, 0.5) is 13.2 Å². The number of alkyl halides is 3. The number of nitrogens with zero attached hydrogens (tertiary/aromatic N) is 1. The average Bonchev–Trinajstić information content (AvgIpc) is 2.40. The lowest BCUT2D eigenvalue weighted by atomic mass is 9.99. The van der Waals surface area contributed by atoms with Crippen molar-refractivity contribution in [3.8, 4) is 0 Å². The molecule has 2 rings (SSSR count). The SMILES string of the molecule is CC1COCCN1CC(N)c1ccccc1C(F)(F)F. The van der Waals surface area contributed by atoms with Crippen LogP contribution in [0.25, 0.3) is 0 Å². The quantitative estimate of drug-likeness (QED) is 0.928. The Labute approximate surface area is 116 Å². The third kappa shape index (κ3) is 3.50. The molecule has 2 N–H and O–H groups in total. The number of benzene rings is 1. The summed E-state index contributed by atoms with van der Waals surface area (Å²) in [5.41, 5.74) is 5.51. The molecule has 20 heavy (non-hydrogen) atoms. The number of ether oxygens (including phenoxy) is 1. The summed E-state index contributed by atoms with van der Waals surface area (Å²) < 4.78 is 44.2. The Morgan fingerprint density at radius 3 is 2.75 bits per heavy atom. The largest absolute Gasteiger partial charge is 0.416 e. The van der Waals surface area contributed by atoms with Gasteiger partial charge in [-0.15, -0.1) is 0 Å². The molecule has 1 heterocycles. The molecule has 1 aromatic carbocycles. The Bertz CT molecular complexity index is 450. The fourth-order valence-electron chi connectivity index (χ4n) is 2.46. The molecular formula is C14H19F3N2O. The highest BCUT2D eigenvalue weighted by Crippen LogP contribution is 2.34. The Morgan fingerprint density at radius 2 is 2.10 bits per heavy atom. The Hall–Kier alpha value is -1.11. The van der Waals surface area contributed by atoms with E-state index in [2.05, 4.69) is 4.90 Å². The molecule has 0 radical (unpaired) electrons. The number of rotatable bonds is 3. The molecule has 2 unspecified atom stereocenters. The second-order valence-electron chi connectivity index (χ2n) is 5.11. The minimum absolute atomic E-state index is 0.152. The van der Waals surface area contributed by atoms with Crippen molar-refractivity contribution in [2.75, 3.05) is 26.3 Å². The first-order valence-corrected chi connectivity index (χ1v) is 6.63. The van der Waals surface area contributed by atoms with Gasteiger partial charge in [0.05, 0.1) is 18.8 Å². The minimum atomic E-state index is -4.37. The van der Waals surface area contributed by atoms with Gasteiger partial charge in [-0.2, -0.15) is 13.2 Å². The van der Waals surface area contributed by atoms with Gasteiger partial charge in [0.15, 0.2) is 0 Å². The normalized spacial score (nSPS) is 22.8. The van der Waals surface area contributed by atoms with E-state index >= 15 is 0 Å². The lowest BCUT2D eigenvalue weighted by molar-refractivity contribution is -0.138. The van der Waals surface area contributed by atoms with Crippen molar-refractivity contribution in [3.63, 3.8) is 0 Å². The molecule has 0 spiro atoms. The van der Waals surface area contributed by atoms with E-state index < -0.39 is 17.8 Å². The van der Waals surface area contributed by atoms with E-state index in [1.54, 1.807) is 6.07 Å². The molecule has 1 aliphatic heterocycles. The van der Waals surface area contributed by atoms with Gasteiger partial charge in [0.1, 0.15) is 0 Å². The van der Waals surface area contributed by atoms with Crippen LogP contribution in [0.5, 0.6) is 0 Å². The third-order valence-corrected chi connectivity index (χ3v) is 3.60. The third-order valence-electron chi connectivity index (χ3n) is 3.60. The van der Waals surface area contributed by atoms with Gasteiger partial charge in [0.2, 0.25) is 0 Å². The van der Waals surface area contributed by atoms with Crippen molar-refractivity contribution in [1.29, 1.82) is 0 Å². The van der Waals surface area contributed by atoms with Gasteiger partial charge in [0, 0.05) is 25.2 Å². The van der Waals surface area contributed by atoms with Crippen LogP contribution in [0, 0.1) is 0 Å². The van der Waals surface area contributed by atoms with Crippen LogP contribution in [0.3, 0.4) is 0 Å². The monoisotopic (exact) mass is 288 g/mol. The lowest BCUT2D eigenvalue weighted by Crippen LogP contribution is -2.46. The summed E-state index contributed by atoms with van der Waals surface area (Å²) in [6.45, 7) is 4.27. The van der Waals surface area contributed by atoms with Gasteiger partial charge in [0.25, 0.3) is 0 Å². The Morgan fingerprint density at radius 1 is 1.40 bits per heavy atom. The highest BCUT2D eigenvalue weighted by molar-refractivity contribution is 5.32. The molecule has 0 bridgehead atoms. The van der Waals surface area contributed by atoms with Crippen LogP contribution in [0.2, 0.25) is 0 Å². The number of hydrogen-bond donors (Lipinski definition) is 1. The second-order valence-corrected chi connectivity index (χ2v) is 5.11. The zero-order valence-corrected chi connectivity index (χ0v) is 11.4. The fraction of sp³-hybridized carbons (Fsp3) is 0.571. The van der Waals surface area contributed by atoms with Crippen LogP contribution in [-0.2, 0) is 10.9 Å². The molecule has 3 nitrogen and oxygen atoms in total. The molecule has 0 aliphatic carbocycles. The zero-order valence-electron chi connectivity index (χ0n) is 11.4. The maximum absolute atomic E-state index is 13.0. The van der Waals surface area contributed by atoms with Gasteiger partial charge < -0.3 is 10.5 Å². The van der Waals surface area contributed by atoms with E-state index in [0.29, 0.717) is 26.3 Å². The molecule has 1 aromatic rings. The number of halogens is 3. The van der Waals surface area contributed by atoms with Crippen LogP contribution >= 0.6 is 0 Å². The maximum atomic E-state index is 13.0. The summed E-state index contributed by atoms with van der Waals surface area (Å²) in [6, 6.07) is 5.03. The van der Waals surface area contributed by atoms with Gasteiger partial charge in [-0.05, 0) is 18.6 Å². The summed E-state index contributed by atoms with van der Waals surface area (Å²) in [4.78, 5) is 2.07. The lowest BCUT2D eigenvalue weighted by Gasteiger charge is -2.35. The molecule has 1 fully saturated rings. The maximum Gasteiger partial charge on any atom is 0.416 e. The van der Waals surface area contributed by atoms with Crippen molar-refractivity contribution < 1.29 is 17.9 Å². The first kappa shape index (κ1) is 15.3. The van der Waals surface area contributed by atoms with Crippen molar-refractivity contribution in [2.45, 2.75) is 25.2 Å². The molecule has 2 atom stereocenters. The van der Waals surface area contributed by atoms with Gasteiger partial charge in [-0.3, -0.25) is 4.90 Å². The topological polar surface area (TPSA) is 38.5 Å². The highest BCUT2D eigenvalue weighted by atomic mass is 19.4. The number of hydrogen-bond acceptors (Lipinski definition) is 3. The highest BCUT2D eigenvalue weighted by Gasteiger charge is 2.34. The molecular weight excluding hydrogens is 269 g/mol. The van der Waals surface area contributed by atoms with Crippen LogP contribution < -0.4 is 5.73 Å². The molecule has 1 aliphatic rings. The van der Waals surface area contributed by atoms with Crippen molar-refractivity contribution in [1.82, 2.24) is 4.90 Å². The van der Waals surface area contributed by atoms with E-state index in [1.165, 1.54) is 12.1 Å². The molecule has 0 amide bonds. The minimum Gasteiger partial charge on any atom is -0.379 e. The van der Waals surface area contributed by atoms with Crippen LogP contribution in [-0.4, -0.2) is 37.2 Å². The smallest absolute Gasteiger partial charge is 0.379 e. The molecule has 6 heteroatoms. The van der Waals surface area contributed by atoms with E-state index in [4.69, 9.17) is 10.5 Å². The first-order chi connectivity index (χ1) is 9.39. The van der Waals surface area contributed by atoms with E-state index in [9.17, 15) is 13.2 Å². The Balaban J connectivity index is 2.15. The van der Waals surface area contributed by atoms with Gasteiger partial charge in [-0.25, -0.2) is 0 Å². The van der Waals surface area contributed by atoms with Crippen molar-refractivity contribution >= 4 is 0 Å². The average molecular weight is 288 g/mol. The molecule has 1 saturated heterocycles. The standard InChI is InChI=1S/C14H19F3N2O/c1-10-9-20-7-6-19(10)8-13(18)11-4-2-3-5-12(11)14(15,16)17/h2-5,10,13H,6-9,18H2,1H3. The molecule has 112 valence electrons. The second kappa shape index (κ2) is 6.11. The van der Waals surface area contributed by atoms with Crippen molar-refractivity contribution in [3.05, 3.63) is 35.4 Å². The summed E-state index contributed by atoms with van der Waals surface area (Å²) in [5, 5.41) is 0. The van der Waals surface area contributed by atoms with Gasteiger partial charge >= 0.3 is 6.18 Å². The number of nitrogens with two attached hydrogens (primary N) is 1. The van der Waals surface area contributed by atoms with E-state index in [1.807, 2.05) is 6.92 Å². The van der Waals surface area contributed by atoms with Crippen LogP contribution in [0.1, 0.15) is 24.1 Å². The zero-order chi connectivity index (χ0) is 14.8. The van der Waals surface area contributed by atoms with Crippen LogP contribution in [0.15, 0.2) is 24.3 Å². The summed E-state index contributed by atoms with van der Waals surface area (Å²) >= 11 is 0. The number of morpholine rings is 1. The van der Waals surface area contributed by atoms with Crippen molar-refractivity contribution in [2.24, 2.45) is 5.73 Å². The predicted molar refractivity (Wildman–Crippen MR) is 70.2 cm³/mol. The van der Waals surface area contributed by atoms with Gasteiger partial charge in [-0.1, -0.05) is 18.2 Å².